The number of aromatic nitrogens is 1. The molecule has 0 unspecified atom stereocenters. The number of pyridine rings is 1. The number of nitrogens with two attached hydrogens (primary N) is 1. The number of anilines is 1. The highest BCUT2D eigenvalue weighted by atomic mass is 35.5. The fourth-order valence-electron chi connectivity index (χ4n) is 1.54. The molecule has 0 radical (unpaired) electrons. The third-order valence-electron chi connectivity index (χ3n) is 2.41. The zero-order valence-corrected chi connectivity index (χ0v) is 12.0. The number of carbonyl (C=O) groups excluding carboxylic acids is 1. The maximum Gasteiger partial charge on any atom is 0.251 e. The molecule has 1 heterocycles. The molecule has 106 valence electrons. The van der Waals surface area contributed by atoms with Crippen molar-refractivity contribution in [1.82, 2.24) is 10.3 Å². The van der Waals surface area contributed by atoms with Crippen molar-refractivity contribution in [2.75, 3.05) is 18.6 Å². The highest BCUT2D eigenvalue weighted by Crippen LogP contribution is 2.14. The van der Waals surface area contributed by atoms with Crippen molar-refractivity contribution >= 4 is 23.3 Å². The van der Waals surface area contributed by atoms with Crippen LogP contribution in [0.25, 0.3) is 0 Å². The monoisotopic (exact) mass is 286 g/mol. The second kappa shape index (κ2) is 6.70. The van der Waals surface area contributed by atoms with Gasteiger partial charge in [0.25, 0.3) is 5.91 Å². The Bertz CT molecular complexity index is 451. The molecule has 0 aliphatic carbocycles. The van der Waals surface area contributed by atoms with Crippen LogP contribution >= 0.6 is 11.6 Å². The van der Waals surface area contributed by atoms with Crippen molar-refractivity contribution < 1.29 is 9.53 Å². The summed E-state index contributed by atoms with van der Waals surface area (Å²) in [5.74, 6) is 5.33. The normalized spacial score (nSPS) is 11.2. The number of halogens is 1. The number of nitrogens with zero attached hydrogens (tertiary/aromatic N) is 1. The van der Waals surface area contributed by atoms with E-state index in [9.17, 15) is 4.79 Å². The first kappa shape index (κ1) is 15.7. The number of carbonyl (C=O) groups is 1. The van der Waals surface area contributed by atoms with E-state index in [-0.39, 0.29) is 11.1 Å². The lowest BCUT2D eigenvalue weighted by Gasteiger charge is -2.24. The van der Waals surface area contributed by atoms with Crippen LogP contribution in [-0.2, 0) is 4.74 Å². The minimum absolute atomic E-state index is 0.199. The summed E-state index contributed by atoms with van der Waals surface area (Å²) in [5.41, 5.74) is 2.32. The van der Waals surface area contributed by atoms with Gasteiger partial charge in [0.1, 0.15) is 11.0 Å². The number of nitrogen functional groups attached to an aromatic ring is 1. The van der Waals surface area contributed by atoms with Crippen molar-refractivity contribution in [2.45, 2.75) is 26.4 Å². The average Bonchev–Trinajstić information content (AvgIpc) is 2.35. The van der Waals surface area contributed by atoms with Gasteiger partial charge in [-0.05, 0) is 32.9 Å². The zero-order chi connectivity index (χ0) is 14.5. The Labute approximate surface area is 117 Å². The number of ether oxygens (including phenoxy) is 1. The summed E-state index contributed by atoms with van der Waals surface area (Å²) >= 11 is 5.80. The van der Waals surface area contributed by atoms with Gasteiger partial charge < -0.3 is 15.5 Å². The summed E-state index contributed by atoms with van der Waals surface area (Å²) in [7, 11) is 0. The quantitative estimate of drug-likeness (QED) is 0.419. The number of hydrogen-bond donors (Lipinski definition) is 3. The summed E-state index contributed by atoms with van der Waals surface area (Å²) in [6, 6.07) is 3.00. The fraction of sp³-hybridized carbons (Fsp3) is 0.500. The van der Waals surface area contributed by atoms with Crippen molar-refractivity contribution in [1.29, 1.82) is 0 Å². The second-order valence-corrected chi connectivity index (χ2v) is 4.97. The van der Waals surface area contributed by atoms with Crippen LogP contribution in [0.1, 0.15) is 31.1 Å². The van der Waals surface area contributed by atoms with Crippen LogP contribution in [0.15, 0.2) is 12.1 Å². The van der Waals surface area contributed by atoms with E-state index in [0.29, 0.717) is 24.5 Å². The number of hydrazine groups is 1. The molecule has 7 heteroatoms. The molecule has 1 aromatic rings. The predicted molar refractivity (Wildman–Crippen MR) is 75.1 cm³/mol. The number of hydrogen-bond acceptors (Lipinski definition) is 5. The molecule has 4 N–H and O–H groups in total. The van der Waals surface area contributed by atoms with Gasteiger partial charge in [0.2, 0.25) is 0 Å². The smallest absolute Gasteiger partial charge is 0.251 e. The van der Waals surface area contributed by atoms with Crippen LogP contribution in [0, 0.1) is 0 Å². The van der Waals surface area contributed by atoms with E-state index in [1.165, 1.54) is 12.1 Å². The van der Waals surface area contributed by atoms with Crippen molar-refractivity contribution in [3.8, 4) is 0 Å². The third kappa shape index (κ3) is 5.02. The summed E-state index contributed by atoms with van der Waals surface area (Å²) in [6.07, 6.45) is 0. The molecule has 0 aliphatic heterocycles. The molecule has 0 aliphatic rings. The van der Waals surface area contributed by atoms with Crippen LogP contribution in [0.4, 0.5) is 5.82 Å². The van der Waals surface area contributed by atoms with Gasteiger partial charge in [0.05, 0.1) is 5.60 Å². The molecule has 0 spiro atoms. The Balaban J connectivity index is 2.71. The van der Waals surface area contributed by atoms with Crippen LogP contribution in [0.5, 0.6) is 0 Å². The lowest BCUT2D eigenvalue weighted by Crippen LogP contribution is -2.40. The Kier molecular flexibility index (Phi) is 5.53. The molecule has 0 saturated heterocycles. The molecule has 0 bridgehead atoms. The van der Waals surface area contributed by atoms with Gasteiger partial charge in [0, 0.05) is 18.7 Å². The van der Waals surface area contributed by atoms with Gasteiger partial charge in [-0.3, -0.25) is 4.79 Å². The molecule has 1 aromatic heterocycles. The molecule has 19 heavy (non-hydrogen) atoms. The maximum absolute atomic E-state index is 12.0. The van der Waals surface area contributed by atoms with Crippen molar-refractivity contribution in [2.24, 2.45) is 5.84 Å². The Morgan fingerprint density at radius 3 is 2.79 bits per heavy atom. The summed E-state index contributed by atoms with van der Waals surface area (Å²) in [5, 5.41) is 2.98. The molecular weight excluding hydrogens is 268 g/mol. The van der Waals surface area contributed by atoms with Gasteiger partial charge in [-0.2, -0.15) is 0 Å². The van der Waals surface area contributed by atoms with Crippen LogP contribution in [0.2, 0.25) is 5.15 Å². The van der Waals surface area contributed by atoms with E-state index in [2.05, 4.69) is 15.7 Å². The Hall–Kier alpha value is -1.37. The van der Waals surface area contributed by atoms with Crippen LogP contribution in [-0.4, -0.2) is 29.6 Å². The average molecular weight is 287 g/mol. The summed E-state index contributed by atoms with van der Waals surface area (Å²) < 4.78 is 5.50. The van der Waals surface area contributed by atoms with Crippen LogP contribution < -0.4 is 16.6 Å². The maximum atomic E-state index is 12.0. The van der Waals surface area contributed by atoms with E-state index in [1.54, 1.807) is 0 Å². The van der Waals surface area contributed by atoms with Gasteiger partial charge in [0.15, 0.2) is 0 Å². The van der Waals surface area contributed by atoms with Crippen molar-refractivity contribution in [3.05, 3.63) is 22.8 Å². The standard InChI is InChI=1S/C12H19ClN4O2/c1-4-19-12(2,3)7-15-11(18)8-5-9(13)16-10(6-8)17-14/h5-6H,4,7,14H2,1-3H3,(H,15,18)(H,16,17). The first-order valence-corrected chi connectivity index (χ1v) is 6.32. The molecule has 6 nitrogen and oxygen atoms in total. The zero-order valence-electron chi connectivity index (χ0n) is 11.3. The van der Waals surface area contributed by atoms with Crippen molar-refractivity contribution in [3.63, 3.8) is 0 Å². The molecule has 1 rings (SSSR count). The van der Waals surface area contributed by atoms with Gasteiger partial charge in [-0.15, -0.1) is 0 Å². The minimum Gasteiger partial charge on any atom is -0.374 e. The largest absolute Gasteiger partial charge is 0.374 e. The molecule has 1 amide bonds. The lowest BCUT2D eigenvalue weighted by atomic mass is 10.1. The van der Waals surface area contributed by atoms with E-state index in [4.69, 9.17) is 22.2 Å². The fourth-order valence-corrected chi connectivity index (χ4v) is 1.75. The van der Waals surface area contributed by atoms with Gasteiger partial charge in [-0.1, -0.05) is 11.6 Å². The topological polar surface area (TPSA) is 89.3 Å². The molecule has 0 aromatic carbocycles. The van der Waals surface area contributed by atoms with E-state index in [0.717, 1.165) is 0 Å². The Morgan fingerprint density at radius 1 is 1.53 bits per heavy atom. The number of nitrogens with one attached hydrogen (secondary N) is 2. The first-order valence-electron chi connectivity index (χ1n) is 5.94. The molecule has 0 fully saturated rings. The SMILES string of the molecule is CCOC(C)(C)CNC(=O)c1cc(Cl)nc(NN)c1. The predicted octanol–water partition coefficient (Wildman–Crippen LogP) is 1.57. The third-order valence-corrected chi connectivity index (χ3v) is 2.61. The molecular formula is C12H19ClN4O2. The van der Waals surface area contributed by atoms with Gasteiger partial charge in [-0.25, -0.2) is 10.8 Å². The minimum atomic E-state index is -0.420. The number of rotatable bonds is 6. The van der Waals surface area contributed by atoms with E-state index < -0.39 is 5.60 Å². The second-order valence-electron chi connectivity index (χ2n) is 4.58. The number of amides is 1. The molecule has 0 atom stereocenters. The molecule has 0 saturated carbocycles. The Morgan fingerprint density at radius 2 is 2.21 bits per heavy atom. The summed E-state index contributed by atoms with van der Waals surface area (Å²) in [6.45, 7) is 6.70. The van der Waals surface area contributed by atoms with Crippen LogP contribution in [0.3, 0.4) is 0 Å². The highest BCUT2D eigenvalue weighted by Gasteiger charge is 2.19. The van der Waals surface area contributed by atoms with E-state index in [1.807, 2.05) is 20.8 Å². The lowest BCUT2D eigenvalue weighted by molar-refractivity contribution is -0.00815. The van der Waals surface area contributed by atoms with Gasteiger partial charge >= 0.3 is 0 Å². The summed E-state index contributed by atoms with van der Waals surface area (Å²) in [4.78, 5) is 15.9. The highest BCUT2D eigenvalue weighted by molar-refractivity contribution is 6.29. The van der Waals surface area contributed by atoms with E-state index >= 15 is 0 Å². The first-order chi connectivity index (χ1) is 8.88.